The van der Waals surface area contributed by atoms with E-state index in [-0.39, 0.29) is 52.5 Å². The zero-order valence-corrected chi connectivity index (χ0v) is 14.5. The fourth-order valence-electron chi connectivity index (χ4n) is 3.26. The normalized spacial score (nSPS) is 16.1. The highest BCUT2D eigenvalue weighted by Crippen LogP contribution is 2.28. The summed E-state index contributed by atoms with van der Waals surface area (Å²) >= 11 is 0. The van der Waals surface area contributed by atoms with E-state index in [1.54, 1.807) is 17.0 Å². The molecule has 0 bridgehead atoms. The Morgan fingerprint density at radius 2 is 1.74 bits per heavy atom. The van der Waals surface area contributed by atoms with Gasteiger partial charge in [-0.15, -0.1) is 0 Å². The first kappa shape index (κ1) is 18.4. The molecule has 0 aromatic heterocycles. The molecular weight excluding hydrogens is 350 g/mol. The fraction of sp³-hybridized carbons (Fsp3) is 0.250. The van der Waals surface area contributed by atoms with Crippen molar-refractivity contribution in [2.45, 2.75) is 18.9 Å². The number of amides is 1. The van der Waals surface area contributed by atoms with Gasteiger partial charge in [-0.25, -0.2) is 0 Å². The van der Waals surface area contributed by atoms with Gasteiger partial charge in [0.15, 0.2) is 12.6 Å². The minimum Gasteiger partial charge on any atom is -0.507 e. The van der Waals surface area contributed by atoms with E-state index in [9.17, 15) is 24.6 Å². The number of rotatable bonds is 6. The topological polar surface area (TPSA) is 104 Å². The third-order valence-electron chi connectivity index (χ3n) is 4.66. The number of benzene rings is 2. The number of aldehydes is 2. The van der Waals surface area contributed by atoms with Gasteiger partial charge < -0.3 is 19.8 Å². The van der Waals surface area contributed by atoms with Gasteiger partial charge in [0.05, 0.1) is 22.7 Å². The molecule has 1 heterocycles. The second kappa shape index (κ2) is 7.90. The maximum absolute atomic E-state index is 12.9. The zero-order chi connectivity index (χ0) is 19.4. The Morgan fingerprint density at radius 1 is 1.07 bits per heavy atom. The minimum absolute atomic E-state index is 0.0368. The van der Waals surface area contributed by atoms with Crippen molar-refractivity contribution in [1.82, 2.24) is 4.90 Å². The summed E-state index contributed by atoms with van der Waals surface area (Å²) in [6.07, 6.45) is 2.46. The molecule has 1 atom stereocenters. The highest BCUT2D eigenvalue weighted by atomic mass is 16.5. The molecule has 0 aliphatic carbocycles. The molecule has 0 radical (unpaired) electrons. The molecule has 3 rings (SSSR count). The van der Waals surface area contributed by atoms with E-state index in [1.807, 2.05) is 0 Å². The molecule has 7 heteroatoms. The molecule has 0 spiro atoms. The number of ether oxygens (including phenoxy) is 1. The van der Waals surface area contributed by atoms with Crippen LogP contribution in [0.3, 0.4) is 0 Å². The lowest BCUT2D eigenvalue weighted by molar-refractivity contribution is 0.0687. The average molecular weight is 369 g/mol. The van der Waals surface area contributed by atoms with E-state index in [0.717, 1.165) is 6.42 Å². The Morgan fingerprint density at radius 3 is 2.44 bits per heavy atom. The van der Waals surface area contributed by atoms with Crippen molar-refractivity contribution in [2.75, 3.05) is 13.2 Å². The maximum atomic E-state index is 12.9. The molecule has 1 saturated heterocycles. The number of aromatic hydroxyl groups is 2. The fourth-order valence-corrected chi connectivity index (χ4v) is 3.26. The second-order valence-corrected chi connectivity index (χ2v) is 6.27. The minimum atomic E-state index is -0.356. The summed E-state index contributed by atoms with van der Waals surface area (Å²) in [7, 11) is 0. The molecule has 0 saturated carbocycles. The highest BCUT2D eigenvalue weighted by molar-refractivity contribution is 6.03. The van der Waals surface area contributed by atoms with E-state index in [0.29, 0.717) is 25.5 Å². The number of carbonyl (C=O) groups excluding carboxylic acids is 3. The molecule has 1 fully saturated rings. The molecule has 2 aromatic carbocycles. The largest absolute Gasteiger partial charge is 0.507 e. The molecule has 2 aromatic rings. The van der Waals surface area contributed by atoms with Gasteiger partial charge >= 0.3 is 0 Å². The van der Waals surface area contributed by atoms with E-state index >= 15 is 0 Å². The van der Waals surface area contributed by atoms with Crippen LogP contribution in [0.1, 0.15) is 43.9 Å². The number of hydrogen-bond donors (Lipinski definition) is 2. The summed E-state index contributed by atoms with van der Waals surface area (Å²) in [5, 5.41) is 19.5. The van der Waals surface area contributed by atoms with Crippen molar-refractivity contribution in [1.29, 1.82) is 0 Å². The predicted octanol–water partition coefficient (Wildman–Crippen LogP) is 2.41. The summed E-state index contributed by atoms with van der Waals surface area (Å²) in [5.74, 6) is -0.517. The number of phenolic OH excluding ortho intramolecular Hbond substituents is 2. The quantitative estimate of drug-likeness (QED) is 0.758. The summed E-state index contributed by atoms with van der Waals surface area (Å²) in [5.41, 5.74) is 0.165. The van der Waals surface area contributed by atoms with Gasteiger partial charge in [0, 0.05) is 6.54 Å². The number of phenols is 2. The van der Waals surface area contributed by atoms with E-state index in [2.05, 4.69) is 0 Å². The number of nitrogens with zero attached hydrogens (tertiary/aromatic N) is 1. The Bertz CT molecular complexity index is 879. The van der Waals surface area contributed by atoms with Gasteiger partial charge in [-0.1, -0.05) is 12.1 Å². The second-order valence-electron chi connectivity index (χ2n) is 6.27. The van der Waals surface area contributed by atoms with E-state index in [1.165, 1.54) is 24.3 Å². The molecule has 7 nitrogen and oxygen atoms in total. The number of likely N-dealkylation sites (tertiary alicyclic amines) is 1. The van der Waals surface area contributed by atoms with Crippen LogP contribution in [-0.2, 0) is 0 Å². The lowest BCUT2D eigenvalue weighted by Gasteiger charge is -2.25. The molecule has 27 heavy (non-hydrogen) atoms. The van der Waals surface area contributed by atoms with Crippen LogP contribution in [0.5, 0.6) is 17.2 Å². The zero-order valence-electron chi connectivity index (χ0n) is 14.5. The van der Waals surface area contributed by atoms with Crippen molar-refractivity contribution >= 4 is 18.5 Å². The molecule has 1 aliphatic rings. The summed E-state index contributed by atoms with van der Waals surface area (Å²) in [6, 6.07) is 8.66. The van der Waals surface area contributed by atoms with Gasteiger partial charge in [0.2, 0.25) is 0 Å². The smallest absolute Gasteiger partial charge is 0.255 e. The van der Waals surface area contributed by atoms with Crippen molar-refractivity contribution in [2.24, 2.45) is 0 Å². The highest BCUT2D eigenvalue weighted by Gasteiger charge is 2.31. The molecule has 140 valence electrons. The summed E-state index contributed by atoms with van der Waals surface area (Å²) < 4.78 is 5.69. The summed E-state index contributed by atoms with van der Waals surface area (Å²) in [6.45, 7) is 0.645. The lowest BCUT2D eigenvalue weighted by Crippen LogP contribution is -2.39. The maximum Gasteiger partial charge on any atom is 0.255 e. The first-order chi connectivity index (χ1) is 13.1. The predicted molar refractivity (Wildman–Crippen MR) is 96.5 cm³/mol. The first-order valence-electron chi connectivity index (χ1n) is 8.55. The Hall–Kier alpha value is -3.35. The SMILES string of the molecule is O=Cc1c(O)cccc1OC[C@@H]1CCCN1C(=O)c1cccc(O)c1C=O. The van der Waals surface area contributed by atoms with Crippen LogP contribution in [0.15, 0.2) is 36.4 Å². The Labute approximate surface area is 155 Å². The van der Waals surface area contributed by atoms with Gasteiger partial charge in [-0.2, -0.15) is 0 Å². The van der Waals surface area contributed by atoms with Crippen molar-refractivity contribution in [3.8, 4) is 17.2 Å². The van der Waals surface area contributed by atoms with Crippen molar-refractivity contribution in [3.05, 3.63) is 53.1 Å². The third-order valence-corrected chi connectivity index (χ3v) is 4.66. The molecule has 1 aliphatic heterocycles. The van der Waals surface area contributed by atoms with E-state index < -0.39 is 0 Å². The van der Waals surface area contributed by atoms with Crippen LogP contribution in [0, 0.1) is 0 Å². The lowest BCUT2D eigenvalue weighted by atomic mass is 10.1. The molecule has 1 amide bonds. The first-order valence-corrected chi connectivity index (χ1v) is 8.55. The van der Waals surface area contributed by atoms with Crippen LogP contribution in [-0.4, -0.2) is 52.8 Å². The number of carbonyl (C=O) groups is 3. The molecular formula is C20H19NO6. The third kappa shape index (κ3) is 3.62. The van der Waals surface area contributed by atoms with Crippen molar-refractivity contribution < 1.29 is 29.3 Å². The Balaban J connectivity index is 1.77. The van der Waals surface area contributed by atoms with Crippen LogP contribution in [0.4, 0.5) is 0 Å². The van der Waals surface area contributed by atoms with Crippen LogP contribution in [0.25, 0.3) is 0 Å². The Kier molecular flexibility index (Phi) is 5.40. The van der Waals surface area contributed by atoms with Gasteiger partial charge in [-0.3, -0.25) is 14.4 Å². The van der Waals surface area contributed by atoms with E-state index in [4.69, 9.17) is 4.74 Å². The van der Waals surface area contributed by atoms with Crippen LogP contribution in [0.2, 0.25) is 0 Å². The molecule has 2 N–H and O–H groups in total. The van der Waals surface area contributed by atoms with Gasteiger partial charge in [0.25, 0.3) is 5.91 Å². The average Bonchev–Trinajstić information content (AvgIpc) is 3.14. The van der Waals surface area contributed by atoms with Gasteiger partial charge in [0.1, 0.15) is 23.9 Å². The van der Waals surface area contributed by atoms with Crippen molar-refractivity contribution in [3.63, 3.8) is 0 Å². The van der Waals surface area contributed by atoms with Crippen LogP contribution < -0.4 is 4.74 Å². The number of hydrogen-bond acceptors (Lipinski definition) is 6. The standard InChI is InChI=1S/C20H19NO6/c22-10-15-14(5-1-6-17(15)24)20(26)21-9-3-4-13(21)12-27-19-8-2-7-18(25)16(19)11-23/h1-2,5-8,10-11,13,24-25H,3-4,9,12H2/t13-/m0/s1. The monoisotopic (exact) mass is 369 g/mol. The van der Waals surface area contributed by atoms with Gasteiger partial charge in [-0.05, 0) is 37.1 Å². The summed E-state index contributed by atoms with van der Waals surface area (Å²) in [4.78, 5) is 36.9. The molecule has 0 unspecified atom stereocenters. The van der Waals surface area contributed by atoms with Crippen LogP contribution >= 0.6 is 0 Å².